The highest BCUT2D eigenvalue weighted by Crippen LogP contribution is 2.29. The molecule has 1 saturated heterocycles. The number of rotatable bonds is 6. The summed E-state index contributed by atoms with van der Waals surface area (Å²) in [4.78, 5) is 38.4. The van der Waals surface area contributed by atoms with Crippen LogP contribution in [0.2, 0.25) is 0 Å². The number of nitrogens with one attached hydrogen (secondary N) is 1. The minimum atomic E-state index is -0.586. The number of anilines is 2. The van der Waals surface area contributed by atoms with Gasteiger partial charge in [-0.25, -0.2) is 0 Å². The Hall–Kier alpha value is -3.35. The van der Waals surface area contributed by atoms with Gasteiger partial charge in [-0.3, -0.25) is 14.4 Å². The highest BCUT2D eigenvalue weighted by Gasteiger charge is 2.36. The van der Waals surface area contributed by atoms with E-state index in [1.807, 2.05) is 32.0 Å². The predicted molar refractivity (Wildman–Crippen MR) is 109 cm³/mol. The van der Waals surface area contributed by atoms with Crippen LogP contribution in [0.1, 0.15) is 17.5 Å². The average molecular weight is 396 g/mol. The van der Waals surface area contributed by atoms with Crippen molar-refractivity contribution in [3.63, 3.8) is 0 Å². The van der Waals surface area contributed by atoms with Crippen LogP contribution in [0.4, 0.5) is 11.4 Å². The van der Waals surface area contributed by atoms with Crippen molar-refractivity contribution >= 4 is 29.2 Å². The molecule has 0 saturated carbocycles. The number of carbonyl (C=O) groups excluding carboxylic acids is 3. The summed E-state index contributed by atoms with van der Waals surface area (Å²) in [5.74, 6) is -1.03. The van der Waals surface area contributed by atoms with Crippen LogP contribution in [0.25, 0.3) is 0 Å². The first kappa shape index (κ1) is 20.4. The molecule has 0 spiro atoms. The van der Waals surface area contributed by atoms with E-state index in [4.69, 9.17) is 9.47 Å². The van der Waals surface area contributed by atoms with Gasteiger partial charge < -0.3 is 19.7 Å². The predicted octanol–water partition coefficient (Wildman–Crippen LogP) is 2.85. The zero-order valence-electron chi connectivity index (χ0n) is 16.7. The highest BCUT2D eigenvalue weighted by molar-refractivity contribution is 6.00. The number of esters is 1. The summed E-state index contributed by atoms with van der Waals surface area (Å²) >= 11 is 0. The van der Waals surface area contributed by atoms with Crippen molar-refractivity contribution in [1.29, 1.82) is 0 Å². The number of hydrogen-bond donors (Lipinski definition) is 1. The molecular formula is C22H24N2O5. The van der Waals surface area contributed by atoms with E-state index in [1.54, 1.807) is 36.3 Å². The van der Waals surface area contributed by atoms with Gasteiger partial charge in [-0.2, -0.15) is 0 Å². The summed E-state index contributed by atoms with van der Waals surface area (Å²) in [7, 11) is 1.56. The number of amides is 2. The Morgan fingerprint density at radius 2 is 1.86 bits per heavy atom. The van der Waals surface area contributed by atoms with Gasteiger partial charge in [0.25, 0.3) is 5.91 Å². The third-order valence-electron chi connectivity index (χ3n) is 4.82. The second-order valence-corrected chi connectivity index (χ2v) is 7.08. The van der Waals surface area contributed by atoms with Crippen molar-refractivity contribution in [2.75, 3.05) is 30.5 Å². The molecule has 2 amide bonds. The lowest BCUT2D eigenvalue weighted by Crippen LogP contribution is -2.28. The number of methoxy groups -OCH3 is 1. The van der Waals surface area contributed by atoms with Gasteiger partial charge in [-0.1, -0.05) is 17.7 Å². The Morgan fingerprint density at radius 1 is 1.14 bits per heavy atom. The maximum atomic E-state index is 12.4. The van der Waals surface area contributed by atoms with E-state index >= 15 is 0 Å². The molecule has 7 heteroatoms. The minimum Gasteiger partial charge on any atom is -0.497 e. The van der Waals surface area contributed by atoms with Gasteiger partial charge in [0.2, 0.25) is 5.91 Å². The lowest BCUT2D eigenvalue weighted by atomic mass is 10.1. The van der Waals surface area contributed by atoms with Gasteiger partial charge >= 0.3 is 5.97 Å². The molecule has 7 nitrogen and oxygen atoms in total. The number of hydrogen-bond acceptors (Lipinski definition) is 5. The molecule has 2 aromatic carbocycles. The SMILES string of the molecule is COc1ccc(NC(=O)COC(=O)[C@H]2CC(=O)N(c3ccc(C)cc3C)C2)cc1. The molecule has 0 unspecified atom stereocenters. The maximum Gasteiger partial charge on any atom is 0.311 e. The van der Waals surface area contributed by atoms with Crippen LogP contribution in [-0.2, 0) is 19.1 Å². The summed E-state index contributed by atoms with van der Waals surface area (Å²) in [6.45, 7) is 3.77. The van der Waals surface area contributed by atoms with Crippen LogP contribution in [0.3, 0.4) is 0 Å². The molecule has 2 aromatic rings. The summed E-state index contributed by atoms with van der Waals surface area (Å²) in [5, 5.41) is 2.65. The minimum absolute atomic E-state index is 0.0756. The van der Waals surface area contributed by atoms with E-state index in [1.165, 1.54) is 0 Å². The van der Waals surface area contributed by atoms with E-state index in [0.29, 0.717) is 11.4 Å². The van der Waals surface area contributed by atoms with E-state index in [0.717, 1.165) is 16.8 Å². The highest BCUT2D eigenvalue weighted by atomic mass is 16.5. The van der Waals surface area contributed by atoms with Crippen LogP contribution in [0.15, 0.2) is 42.5 Å². The fraction of sp³-hybridized carbons (Fsp3) is 0.318. The number of nitrogens with zero attached hydrogens (tertiary/aromatic N) is 1. The summed E-state index contributed by atoms with van der Waals surface area (Å²) < 4.78 is 10.2. The van der Waals surface area contributed by atoms with Crippen molar-refractivity contribution in [1.82, 2.24) is 0 Å². The van der Waals surface area contributed by atoms with Gasteiger partial charge in [0.1, 0.15) is 5.75 Å². The molecule has 1 N–H and O–H groups in total. The van der Waals surface area contributed by atoms with E-state index in [-0.39, 0.29) is 18.9 Å². The number of aryl methyl sites for hydroxylation is 2. The fourth-order valence-corrected chi connectivity index (χ4v) is 3.33. The molecule has 1 aliphatic heterocycles. The average Bonchev–Trinajstić information content (AvgIpc) is 3.08. The largest absolute Gasteiger partial charge is 0.497 e. The first-order chi connectivity index (χ1) is 13.9. The molecule has 1 heterocycles. The zero-order valence-corrected chi connectivity index (χ0v) is 16.7. The van der Waals surface area contributed by atoms with Crippen molar-refractivity contribution in [2.24, 2.45) is 5.92 Å². The van der Waals surface area contributed by atoms with E-state index in [2.05, 4.69) is 5.32 Å². The first-order valence-electron chi connectivity index (χ1n) is 9.35. The molecule has 29 heavy (non-hydrogen) atoms. The maximum absolute atomic E-state index is 12.4. The molecule has 0 aromatic heterocycles. The third-order valence-corrected chi connectivity index (χ3v) is 4.82. The van der Waals surface area contributed by atoms with Crippen molar-refractivity contribution in [3.05, 3.63) is 53.6 Å². The van der Waals surface area contributed by atoms with Gasteiger partial charge in [-0.15, -0.1) is 0 Å². The quantitative estimate of drug-likeness (QED) is 0.759. The Balaban J connectivity index is 1.53. The topological polar surface area (TPSA) is 84.9 Å². The van der Waals surface area contributed by atoms with Crippen LogP contribution in [0.5, 0.6) is 5.75 Å². The van der Waals surface area contributed by atoms with Crippen LogP contribution >= 0.6 is 0 Å². The van der Waals surface area contributed by atoms with E-state index < -0.39 is 24.4 Å². The van der Waals surface area contributed by atoms with Crippen molar-refractivity contribution in [2.45, 2.75) is 20.3 Å². The second kappa shape index (κ2) is 8.77. The van der Waals surface area contributed by atoms with E-state index in [9.17, 15) is 14.4 Å². The first-order valence-corrected chi connectivity index (χ1v) is 9.35. The van der Waals surface area contributed by atoms with Gasteiger partial charge in [0.15, 0.2) is 6.61 Å². The molecule has 3 rings (SSSR count). The summed E-state index contributed by atoms with van der Waals surface area (Å²) in [6.07, 6.45) is 0.0756. The molecule has 152 valence electrons. The molecule has 1 fully saturated rings. The normalized spacial score (nSPS) is 15.9. The fourth-order valence-electron chi connectivity index (χ4n) is 3.33. The van der Waals surface area contributed by atoms with Crippen LogP contribution in [0, 0.1) is 19.8 Å². The molecule has 0 aliphatic carbocycles. The molecule has 0 bridgehead atoms. The number of ether oxygens (including phenoxy) is 2. The standard InChI is InChI=1S/C22H24N2O5/c1-14-4-9-19(15(2)10-14)24-12-16(11-21(24)26)22(27)29-13-20(25)23-17-5-7-18(28-3)8-6-17/h4-10,16H,11-13H2,1-3H3,(H,23,25)/t16-/m0/s1. The molecule has 1 aliphatic rings. The zero-order chi connectivity index (χ0) is 21.0. The van der Waals surface area contributed by atoms with Crippen molar-refractivity contribution < 1.29 is 23.9 Å². The Labute approximate surface area is 169 Å². The lowest BCUT2D eigenvalue weighted by Gasteiger charge is -2.19. The lowest BCUT2D eigenvalue weighted by molar-refractivity contribution is -0.151. The smallest absolute Gasteiger partial charge is 0.311 e. The van der Waals surface area contributed by atoms with Gasteiger partial charge in [-0.05, 0) is 49.7 Å². The Morgan fingerprint density at radius 3 is 2.52 bits per heavy atom. The number of benzene rings is 2. The summed E-state index contributed by atoms with van der Waals surface area (Å²) in [5.41, 5.74) is 3.46. The second-order valence-electron chi connectivity index (χ2n) is 7.08. The molecule has 1 atom stereocenters. The third kappa shape index (κ3) is 4.93. The molecule has 0 radical (unpaired) electrons. The van der Waals surface area contributed by atoms with Gasteiger partial charge in [0.05, 0.1) is 13.0 Å². The molecular weight excluding hydrogens is 372 g/mol. The summed E-state index contributed by atoms with van der Waals surface area (Å²) in [6, 6.07) is 12.6. The Bertz CT molecular complexity index is 923. The number of carbonyl (C=O) groups is 3. The van der Waals surface area contributed by atoms with Crippen LogP contribution < -0.4 is 15.0 Å². The Kier molecular flexibility index (Phi) is 6.16. The monoisotopic (exact) mass is 396 g/mol. The van der Waals surface area contributed by atoms with Crippen LogP contribution in [-0.4, -0.2) is 38.0 Å². The van der Waals surface area contributed by atoms with Crippen molar-refractivity contribution in [3.8, 4) is 5.75 Å². The van der Waals surface area contributed by atoms with Gasteiger partial charge in [0, 0.05) is 24.3 Å².